The fraction of sp³-hybridized carbons (Fsp3) is 0.318. The number of phenolic OH excluding ortho intramolecular Hbond substituents is 1. The summed E-state index contributed by atoms with van der Waals surface area (Å²) in [6.45, 7) is 1.89. The number of fused-ring (bicyclic) bond motifs is 2. The molecule has 0 spiro atoms. The highest BCUT2D eigenvalue weighted by Gasteiger charge is 2.25. The van der Waals surface area contributed by atoms with Crippen molar-refractivity contribution in [2.75, 3.05) is 32.1 Å². The molecule has 31 heavy (non-hydrogen) atoms. The summed E-state index contributed by atoms with van der Waals surface area (Å²) in [7, 11) is 5.89. The Hall–Kier alpha value is -2.97. The Morgan fingerprint density at radius 1 is 1.26 bits per heavy atom. The van der Waals surface area contributed by atoms with E-state index in [9.17, 15) is 9.50 Å². The second-order valence-corrected chi connectivity index (χ2v) is 8.64. The van der Waals surface area contributed by atoms with Crippen molar-refractivity contribution in [3.05, 3.63) is 41.4 Å². The summed E-state index contributed by atoms with van der Waals surface area (Å²) in [6, 6.07) is 5.79. The van der Waals surface area contributed by atoms with Crippen molar-refractivity contribution < 1.29 is 9.50 Å². The predicted octanol–water partition coefficient (Wildman–Crippen LogP) is 3.82. The van der Waals surface area contributed by atoms with Crippen LogP contribution in [0.1, 0.15) is 6.42 Å². The van der Waals surface area contributed by atoms with Gasteiger partial charge in [-0.1, -0.05) is 11.6 Å². The molecule has 1 fully saturated rings. The molecule has 5 rings (SSSR count). The molecule has 1 aliphatic rings. The molecular weight excluding hydrogens is 419 g/mol. The van der Waals surface area contributed by atoms with Gasteiger partial charge in [-0.15, -0.1) is 0 Å². The van der Waals surface area contributed by atoms with Crippen LogP contribution in [0.5, 0.6) is 5.75 Å². The minimum absolute atomic E-state index is 0.111. The third-order valence-electron chi connectivity index (χ3n) is 5.96. The molecule has 0 aliphatic carbocycles. The zero-order chi connectivity index (χ0) is 21.9. The van der Waals surface area contributed by atoms with Gasteiger partial charge in [0.2, 0.25) is 0 Å². The van der Waals surface area contributed by atoms with Crippen molar-refractivity contribution >= 4 is 39.2 Å². The molecule has 4 heterocycles. The Bertz CT molecular complexity index is 1320. The molecule has 1 aliphatic heterocycles. The molecule has 9 heteroatoms. The summed E-state index contributed by atoms with van der Waals surface area (Å²) < 4.78 is 16.2. The molecule has 4 aromatic rings. The lowest BCUT2D eigenvalue weighted by atomic mass is 10.1. The van der Waals surface area contributed by atoms with Crippen LogP contribution in [0.25, 0.3) is 33.2 Å². The van der Waals surface area contributed by atoms with Gasteiger partial charge in [0.1, 0.15) is 5.52 Å². The number of likely N-dealkylation sites (N-methyl/N-ethyl adjacent to an activating group) is 1. The zero-order valence-electron chi connectivity index (χ0n) is 17.5. The van der Waals surface area contributed by atoms with Gasteiger partial charge in [-0.3, -0.25) is 4.68 Å². The van der Waals surface area contributed by atoms with Gasteiger partial charge in [-0.25, -0.2) is 14.4 Å². The van der Waals surface area contributed by atoms with E-state index in [-0.39, 0.29) is 11.1 Å². The average molecular weight is 441 g/mol. The molecule has 1 N–H and O–H groups in total. The number of nitrogens with zero attached hydrogens (tertiary/aromatic N) is 6. The van der Waals surface area contributed by atoms with E-state index in [4.69, 9.17) is 11.6 Å². The van der Waals surface area contributed by atoms with Crippen LogP contribution in [0, 0.1) is 5.82 Å². The zero-order valence-corrected chi connectivity index (χ0v) is 18.2. The minimum atomic E-state index is -0.779. The smallest absolute Gasteiger partial charge is 0.193 e. The first-order valence-corrected chi connectivity index (χ1v) is 10.4. The third kappa shape index (κ3) is 3.36. The van der Waals surface area contributed by atoms with Gasteiger partial charge in [-0.05, 0) is 38.7 Å². The molecule has 0 saturated carbocycles. The predicted molar refractivity (Wildman–Crippen MR) is 120 cm³/mol. The maximum Gasteiger partial charge on any atom is 0.193 e. The second-order valence-electron chi connectivity index (χ2n) is 8.23. The number of hydrogen-bond donors (Lipinski definition) is 1. The normalized spacial score (nSPS) is 16.8. The van der Waals surface area contributed by atoms with E-state index >= 15 is 0 Å². The molecule has 1 atom stereocenters. The quantitative estimate of drug-likeness (QED) is 0.522. The van der Waals surface area contributed by atoms with E-state index in [2.05, 4.69) is 39.0 Å². The van der Waals surface area contributed by atoms with Crippen LogP contribution >= 0.6 is 11.6 Å². The summed E-state index contributed by atoms with van der Waals surface area (Å²) >= 11 is 6.59. The van der Waals surface area contributed by atoms with Gasteiger partial charge >= 0.3 is 0 Å². The Balaban J connectivity index is 1.57. The number of aryl methyl sites for hydroxylation is 1. The number of anilines is 1. The second kappa shape index (κ2) is 7.32. The molecule has 0 bridgehead atoms. The highest BCUT2D eigenvalue weighted by Crippen LogP contribution is 2.38. The van der Waals surface area contributed by atoms with Crippen LogP contribution in [0.4, 0.5) is 10.1 Å². The lowest BCUT2D eigenvalue weighted by Crippen LogP contribution is -2.31. The largest absolute Gasteiger partial charge is 0.504 e. The van der Waals surface area contributed by atoms with Crippen LogP contribution in [-0.2, 0) is 7.05 Å². The molecule has 0 amide bonds. The lowest BCUT2D eigenvalue weighted by Gasteiger charge is -2.22. The number of benzene rings is 1. The highest BCUT2D eigenvalue weighted by molar-refractivity contribution is 6.35. The van der Waals surface area contributed by atoms with E-state index in [1.54, 1.807) is 31.6 Å². The van der Waals surface area contributed by atoms with Crippen molar-refractivity contribution in [3.8, 4) is 17.0 Å². The molecule has 3 aromatic heterocycles. The van der Waals surface area contributed by atoms with E-state index < -0.39 is 11.6 Å². The number of pyridine rings is 2. The SMILES string of the molecule is CN(C)C1CCN(c2cnc3nc(-c4cc5cn(C)nc5c(F)c4O)cc(Cl)c3c2)C1. The lowest BCUT2D eigenvalue weighted by molar-refractivity contribution is 0.315. The first-order chi connectivity index (χ1) is 14.8. The van der Waals surface area contributed by atoms with Crippen LogP contribution < -0.4 is 4.90 Å². The summed E-state index contributed by atoms with van der Waals surface area (Å²) in [5, 5.41) is 16.2. The number of halogens is 2. The third-order valence-corrected chi connectivity index (χ3v) is 6.27. The molecule has 160 valence electrons. The number of aromatic nitrogens is 4. The summed E-state index contributed by atoms with van der Waals surface area (Å²) in [5.74, 6) is -1.28. The molecule has 1 aromatic carbocycles. The summed E-state index contributed by atoms with van der Waals surface area (Å²) in [4.78, 5) is 13.6. The van der Waals surface area contributed by atoms with Crippen molar-refractivity contribution in [3.63, 3.8) is 0 Å². The van der Waals surface area contributed by atoms with Gasteiger partial charge < -0.3 is 14.9 Å². The number of hydrogen-bond acceptors (Lipinski definition) is 6. The molecule has 0 radical (unpaired) electrons. The first kappa shape index (κ1) is 20.0. The number of phenols is 1. The average Bonchev–Trinajstić information content (AvgIpc) is 3.37. The van der Waals surface area contributed by atoms with E-state index in [0.29, 0.717) is 27.8 Å². The van der Waals surface area contributed by atoms with Gasteiger partial charge in [0, 0.05) is 48.7 Å². The Labute approximate surface area is 183 Å². The van der Waals surface area contributed by atoms with Crippen LogP contribution in [-0.4, -0.2) is 63.0 Å². The molecule has 7 nitrogen and oxygen atoms in total. The van der Waals surface area contributed by atoms with Crippen molar-refractivity contribution in [2.24, 2.45) is 7.05 Å². The van der Waals surface area contributed by atoms with Crippen LogP contribution in [0.2, 0.25) is 5.02 Å². The molecule has 1 unspecified atom stereocenters. The van der Waals surface area contributed by atoms with E-state index in [1.807, 2.05) is 6.07 Å². The van der Waals surface area contributed by atoms with E-state index in [1.165, 1.54) is 4.68 Å². The summed E-state index contributed by atoms with van der Waals surface area (Å²) in [6.07, 6.45) is 4.57. The Kier molecular flexibility index (Phi) is 4.71. The van der Waals surface area contributed by atoms with Gasteiger partial charge in [-0.2, -0.15) is 5.10 Å². The maximum atomic E-state index is 14.7. The topological polar surface area (TPSA) is 70.3 Å². The fourth-order valence-corrected chi connectivity index (χ4v) is 4.44. The number of aromatic hydroxyl groups is 1. The van der Waals surface area contributed by atoms with Gasteiger partial charge in [0.25, 0.3) is 0 Å². The minimum Gasteiger partial charge on any atom is -0.504 e. The molecular formula is C22H22ClFN6O. The Morgan fingerprint density at radius 3 is 2.81 bits per heavy atom. The first-order valence-electron chi connectivity index (χ1n) is 10.0. The summed E-state index contributed by atoms with van der Waals surface area (Å²) in [5.41, 5.74) is 2.16. The highest BCUT2D eigenvalue weighted by atomic mass is 35.5. The fourth-order valence-electron chi connectivity index (χ4n) is 4.20. The van der Waals surface area contributed by atoms with Crippen molar-refractivity contribution in [1.82, 2.24) is 24.6 Å². The maximum absolute atomic E-state index is 14.7. The van der Waals surface area contributed by atoms with E-state index in [0.717, 1.165) is 30.6 Å². The van der Waals surface area contributed by atoms with Gasteiger partial charge in [0.05, 0.1) is 22.6 Å². The monoisotopic (exact) mass is 440 g/mol. The molecule has 1 saturated heterocycles. The number of rotatable bonds is 3. The van der Waals surface area contributed by atoms with Crippen LogP contribution in [0.15, 0.2) is 30.6 Å². The van der Waals surface area contributed by atoms with Crippen molar-refractivity contribution in [2.45, 2.75) is 12.5 Å². The standard InChI is InChI=1S/C22H22ClFN6O/c1-28(2)13-4-5-30(11-13)14-7-15-17(23)8-18(26-22(15)25-9-14)16-6-12-10-29(3)27-20(12)19(24)21(16)31/h6-10,13,31H,4-5,11H2,1-3H3. The Morgan fingerprint density at radius 2 is 2.06 bits per heavy atom. The van der Waals surface area contributed by atoms with Crippen LogP contribution in [0.3, 0.4) is 0 Å². The van der Waals surface area contributed by atoms with Crippen molar-refractivity contribution in [1.29, 1.82) is 0 Å². The van der Waals surface area contributed by atoms with Gasteiger partial charge in [0.15, 0.2) is 17.2 Å².